The lowest BCUT2D eigenvalue weighted by Crippen LogP contribution is -2.35. The summed E-state index contributed by atoms with van der Waals surface area (Å²) in [5.41, 5.74) is 0. The standard InChI is InChI=1S/C11H20ClNO/c1-8(6-12)7-13-11(14)10-5-3-4-9(10)2/h8-10H,3-7H2,1-2H3,(H,13,14). The van der Waals surface area contributed by atoms with Crippen LogP contribution in [0.5, 0.6) is 0 Å². The van der Waals surface area contributed by atoms with Crippen molar-refractivity contribution in [1.29, 1.82) is 0 Å². The number of hydrogen-bond donors (Lipinski definition) is 1. The fraction of sp³-hybridized carbons (Fsp3) is 0.909. The van der Waals surface area contributed by atoms with Gasteiger partial charge in [-0.25, -0.2) is 0 Å². The zero-order valence-corrected chi connectivity index (χ0v) is 9.81. The molecule has 1 amide bonds. The number of hydrogen-bond acceptors (Lipinski definition) is 1. The Kier molecular flexibility index (Phi) is 4.73. The fourth-order valence-electron chi connectivity index (χ4n) is 2.00. The molecule has 0 aliphatic heterocycles. The third-order valence-corrected chi connectivity index (χ3v) is 3.61. The first-order valence-corrected chi connectivity index (χ1v) is 6.02. The summed E-state index contributed by atoms with van der Waals surface area (Å²) in [6, 6.07) is 0. The largest absolute Gasteiger partial charge is 0.356 e. The molecule has 0 aromatic carbocycles. The summed E-state index contributed by atoms with van der Waals surface area (Å²) in [7, 11) is 0. The quantitative estimate of drug-likeness (QED) is 0.720. The molecule has 0 saturated heterocycles. The molecular weight excluding hydrogens is 198 g/mol. The lowest BCUT2D eigenvalue weighted by Gasteiger charge is -2.16. The van der Waals surface area contributed by atoms with Crippen molar-refractivity contribution in [3.8, 4) is 0 Å². The van der Waals surface area contributed by atoms with Crippen molar-refractivity contribution in [3.05, 3.63) is 0 Å². The topological polar surface area (TPSA) is 29.1 Å². The average Bonchev–Trinajstić information content (AvgIpc) is 2.60. The first-order valence-electron chi connectivity index (χ1n) is 5.48. The second-order valence-electron chi connectivity index (χ2n) is 4.52. The molecule has 2 nitrogen and oxygen atoms in total. The van der Waals surface area contributed by atoms with Gasteiger partial charge in [0.15, 0.2) is 0 Å². The van der Waals surface area contributed by atoms with Gasteiger partial charge in [0, 0.05) is 18.3 Å². The van der Waals surface area contributed by atoms with E-state index < -0.39 is 0 Å². The maximum absolute atomic E-state index is 11.7. The lowest BCUT2D eigenvalue weighted by atomic mass is 9.97. The van der Waals surface area contributed by atoms with Gasteiger partial charge in [0.2, 0.25) is 5.91 Å². The van der Waals surface area contributed by atoms with Gasteiger partial charge in [0.25, 0.3) is 0 Å². The molecule has 0 bridgehead atoms. The summed E-state index contributed by atoms with van der Waals surface area (Å²) in [5.74, 6) is 2.02. The van der Waals surface area contributed by atoms with E-state index in [9.17, 15) is 4.79 Å². The normalized spacial score (nSPS) is 28.8. The van der Waals surface area contributed by atoms with Crippen molar-refractivity contribution >= 4 is 17.5 Å². The highest BCUT2D eigenvalue weighted by Gasteiger charge is 2.29. The van der Waals surface area contributed by atoms with Gasteiger partial charge in [-0.1, -0.05) is 20.3 Å². The summed E-state index contributed by atoms with van der Waals surface area (Å²) in [4.78, 5) is 11.7. The zero-order valence-electron chi connectivity index (χ0n) is 9.05. The SMILES string of the molecule is CC(CCl)CNC(=O)C1CCCC1C. The molecule has 1 fully saturated rings. The molecule has 3 heteroatoms. The molecule has 1 aliphatic carbocycles. The highest BCUT2D eigenvalue weighted by molar-refractivity contribution is 6.18. The van der Waals surface area contributed by atoms with Crippen molar-refractivity contribution in [3.63, 3.8) is 0 Å². The molecule has 3 atom stereocenters. The number of rotatable bonds is 4. The first kappa shape index (κ1) is 11.8. The molecule has 0 spiro atoms. The molecule has 0 aromatic heterocycles. The van der Waals surface area contributed by atoms with Crippen LogP contribution in [0.2, 0.25) is 0 Å². The Labute approximate surface area is 91.4 Å². The Balaban J connectivity index is 2.27. The van der Waals surface area contributed by atoms with E-state index in [2.05, 4.69) is 12.2 Å². The van der Waals surface area contributed by atoms with Crippen molar-refractivity contribution in [2.45, 2.75) is 33.1 Å². The van der Waals surface area contributed by atoms with Gasteiger partial charge < -0.3 is 5.32 Å². The van der Waals surface area contributed by atoms with E-state index in [0.717, 1.165) is 6.42 Å². The van der Waals surface area contributed by atoms with Crippen LogP contribution in [0.3, 0.4) is 0 Å². The Morgan fingerprint density at radius 2 is 2.29 bits per heavy atom. The molecule has 82 valence electrons. The molecule has 3 unspecified atom stereocenters. The van der Waals surface area contributed by atoms with E-state index >= 15 is 0 Å². The summed E-state index contributed by atoms with van der Waals surface area (Å²) in [6.45, 7) is 4.93. The first-order chi connectivity index (χ1) is 6.65. The van der Waals surface area contributed by atoms with Crippen LogP contribution < -0.4 is 5.32 Å². The summed E-state index contributed by atoms with van der Waals surface area (Å²) >= 11 is 5.67. The van der Waals surface area contributed by atoms with Crippen LogP contribution in [0.15, 0.2) is 0 Å². The minimum Gasteiger partial charge on any atom is -0.356 e. The van der Waals surface area contributed by atoms with E-state index in [1.165, 1.54) is 12.8 Å². The number of halogens is 1. The predicted molar refractivity (Wildman–Crippen MR) is 59.4 cm³/mol. The zero-order chi connectivity index (χ0) is 10.6. The Bertz CT molecular complexity index is 196. The fourth-order valence-corrected chi connectivity index (χ4v) is 2.10. The maximum atomic E-state index is 11.7. The minimum atomic E-state index is 0.229. The number of carbonyl (C=O) groups excluding carboxylic acids is 1. The van der Waals surface area contributed by atoms with Gasteiger partial charge in [0.05, 0.1) is 0 Å². The monoisotopic (exact) mass is 217 g/mol. The Morgan fingerprint density at radius 1 is 1.57 bits per heavy atom. The summed E-state index contributed by atoms with van der Waals surface area (Å²) in [5, 5.41) is 2.98. The van der Waals surface area contributed by atoms with Gasteiger partial charge in [0.1, 0.15) is 0 Å². The third-order valence-electron chi connectivity index (χ3n) is 3.09. The van der Waals surface area contributed by atoms with E-state index in [1.54, 1.807) is 0 Å². The van der Waals surface area contributed by atoms with Gasteiger partial charge in [-0.2, -0.15) is 0 Å². The second kappa shape index (κ2) is 5.59. The van der Waals surface area contributed by atoms with Gasteiger partial charge in [-0.05, 0) is 24.7 Å². The van der Waals surface area contributed by atoms with Gasteiger partial charge >= 0.3 is 0 Å². The van der Waals surface area contributed by atoms with Crippen molar-refractivity contribution < 1.29 is 4.79 Å². The van der Waals surface area contributed by atoms with Crippen LogP contribution >= 0.6 is 11.6 Å². The minimum absolute atomic E-state index is 0.229. The highest BCUT2D eigenvalue weighted by Crippen LogP contribution is 2.31. The summed E-state index contributed by atoms with van der Waals surface area (Å²) in [6.07, 6.45) is 3.45. The molecule has 1 rings (SSSR count). The van der Waals surface area contributed by atoms with E-state index in [1.807, 2.05) is 6.92 Å². The van der Waals surface area contributed by atoms with Crippen LogP contribution in [0.25, 0.3) is 0 Å². The van der Waals surface area contributed by atoms with Crippen molar-refractivity contribution in [2.75, 3.05) is 12.4 Å². The van der Waals surface area contributed by atoms with Crippen LogP contribution in [-0.2, 0) is 4.79 Å². The van der Waals surface area contributed by atoms with E-state index in [4.69, 9.17) is 11.6 Å². The van der Waals surface area contributed by atoms with Gasteiger partial charge in [-0.3, -0.25) is 4.79 Å². The molecule has 14 heavy (non-hydrogen) atoms. The lowest BCUT2D eigenvalue weighted by molar-refractivity contribution is -0.126. The molecular formula is C11H20ClNO. The molecule has 1 N–H and O–H groups in total. The highest BCUT2D eigenvalue weighted by atomic mass is 35.5. The molecule has 0 aromatic rings. The Morgan fingerprint density at radius 3 is 2.79 bits per heavy atom. The smallest absolute Gasteiger partial charge is 0.223 e. The number of carbonyl (C=O) groups is 1. The molecule has 1 saturated carbocycles. The molecule has 1 aliphatic rings. The van der Waals surface area contributed by atoms with Crippen LogP contribution in [0.4, 0.5) is 0 Å². The summed E-state index contributed by atoms with van der Waals surface area (Å²) < 4.78 is 0. The average molecular weight is 218 g/mol. The van der Waals surface area contributed by atoms with Crippen molar-refractivity contribution in [1.82, 2.24) is 5.32 Å². The van der Waals surface area contributed by atoms with Crippen LogP contribution in [0, 0.1) is 17.8 Å². The molecule has 0 radical (unpaired) electrons. The van der Waals surface area contributed by atoms with Crippen LogP contribution in [0.1, 0.15) is 33.1 Å². The number of nitrogens with one attached hydrogen (secondary N) is 1. The van der Waals surface area contributed by atoms with Crippen molar-refractivity contribution in [2.24, 2.45) is 17.8 Å². The molecule has 0 heterocycles. The predicted octanol–water partition coefficient (Wildman–Crippen LogP) is 2.41. The Hall–Kier alpha value is -0.240. The maximum Gasteiger partial charge on any atom is 0.223 e. The third kappa shape index (κ3) is 3.16. The number of alkyl halides is 1. The van der Waals surface area contributed by atoms with Gasteiger partial charge in [-0.15, -0.1) is 11.6 Å². The number of amides is 1. The van der Waals surface area contributed by atoms with E-state index in [0.29, 0.717) is 24.3 Å². The second-order valence-corrected chi connectivity index (χ2v) is 4.83. The van der Waals surface area contributed by atoms with E-state index in [-0.39, 0.29) is 11.8 Å². The van der Waals surface area contributed by atoms with Crippen LogP contribution in [-0.4, -0.2) is 18.3 Å².